The van der Waals surface area contributed by atoms with Crippen LogP contribution in [0, 0.1) is 17.6 Å². The summed E-state index contributed by atoms with van der Waals surface area (Å²) >= 11 is 0. The summed E-state index contributed by atoms with van der Waals surface area (Å²) in [5.41, 5.74) is -1.81. The van der Waals surface area contributed by atoms with Crippen molar-refractivity contribution in [3.8, 4) is 5.75 Å². The molecule has 1 unspecified atom stereocenters. The Morgan fingerprint density at radius 3 is 2.37 bits per heavy atom. The summed E-state index contributed by atoms with van der Waals surface area (Å²) in [6.07, 6.45) is -5.37. The number of hydrogen-bond donors (Lipinski definition) is 1. The second-order valence-corrected chi connectivity index (χ2v) is 10.6. The average Bonchev–Trinajstić information content (AvgIpc) is 3.23. The topological polar surface area (TPSA) is 84.7 Å². The van der Waals surface area contributed by atoms with Crippen molar-refractivity contribution in [3.63, 3.8) is 0 Å². The smallest absolute Gasteiger partial charge is 0.435 e. The van der Waals surface area contributed by atoms with Crippen molar-refractivity contribution in [1.82, 2.24) is 9.78 Å². The van der Waals surface area contributed by atoms with Gasteiger partial charge in [-0.3, -0.25) is 14.3 Å². The Hall–Kier alpha value is -3.80. The fourth-order valence-corrected chi connectivity index (χ4v) is 5.19. The van der Waals surface area contributed by atoms with Gasteiger partial charge in [-0.1, -0.05) is 0 Å². The lowest BCUT2D eigenvalue weighted by molar-refractivity contribution is -0.142. The molecular formula is C29H30F5N3O4. The first-order chi connectivity index (χ1) is 19.2. The molecule has 0 saturated heterocycles. The van der Waals surface area contributed by atoms with Crippen molar-refractivity contribution in [2.45, 2.75) is 57.3 Å². The average molecular weight is 580 g/mol. The molecule has 0 saturated carbocycles. The molecule has 41 heavy (non-hydrogen) atoms. The van der Waals surface area contributed by atoms with Gasteiger partial charge in [0.05, 0.1) is 19.3 Å². The Kier molecular flexibility index (Phi) is 8.53. The van der Waals surface area contributed by atoms with Gasteiger partial charge < -0.3 is 14.7 Å². The first-order valence-electron chi connectivity index (χ1n) is 12.9. The van der Waals surface area contributed by atoms with Crippen molar-refractivity contribution in [2.75, 3.05) is 19.1 Å². The van der Waals surface area contributed by atoms with Crippen LogP contribution < -0.4 is 9.64 Å². The van der Waals surface area contributed by atoms with Gasteiger partial charge in [-0.2, -0.15) is 18.3 Å². The molecule has 0 radical (unpaired) electrons. The maximum absolute atomic E-state index is 13.9. The van der Waals surface area contributed by atoms with Gasteiger partial charge in [0.25, 0.3) is 0 Å². The van der Waals surface area contributed by atoms with Crippen molar-refractivity contribution in [1.29, 1.82) is 0 Å². The van der Waals surface area contributed by atoms with Gasteiger partial charge in [0.15, 0.2) is 11.5 Å². The largest absolute Gasteiger partial charge is 0.497 e. The summed E-state index contributed by atoms with van der Waals surface area (Å²) in [6.45, 7) is 0.914. The van der Waals surface area contributed by atoms with E-state index in [1.807, 2.05) is 0 Å². The van der Waals surface area contributed by atoms with E-state index in [0.29, 0.717) is 17.5 Å². The Balaban J connectivity index is 1.61. The third kappa shape index (κ3) is 7.10. The van der Waals surface area contributed by atoms with E-state index in [1.54, 1.807) is 24.3 Å². The van der Waals surface area contributed by atoms with Gasteiger partial charge >= 0.3 is 6.18 Å². The molecule has 2 atom stereocenters. The minimum Gasteiger partial charge on any atom is -0.497 e. The number of rotatable bonds is 9. The minimum absolute atomic E-state index is 0.0871. The summed E-state index contributed by atoms with van der Waals surface area (Å²) in [7, 11) is 2.97. The first-order valence-corrected chi connectivity index (χ1v) is 12.9. The molecule has 0 aliphatic heterocycles. The molecule has 220 valence electrons. The third-order valence-electron chi connectivity index (χ3n) is 7.24. The molecule has 7 nitrogen and oxygen atoms in total. The third-order valence-corrected chi connectivity index (χ3v) is 7.24. The number of amides is 1. The van der Waals surface area contributed by atoms with Crippen LogP contribution in [0.5, 0.6) is 5.75 Å². The minimum atomic E-state index is -4.78. The van der Waals surface area contributed by atoms with Crippen LogP contribution in [0.3, 0.4) is 0 Å². The zero-order chi connectivity index (χ0) is 30.1. The van der Waals surface area contributed by atoms with Gasteiger partial charge in [-0.15, -0.1) is 0 Å². The van der Waals surface area contributed by atoms with E-state index in [9.17, 15) is 36.6 Å². The molecule has 0 bridgehead atoms. The van der Waals surface area contributed by atoms with Crippen LogP contribution in [0.4, 0.5) is 27.6 Å². The van der Waals surface area contributed by atoms with Crippen LogP contribution in [0.15, 0.2) is 42.5 Å². The second kappa shape index (κ2) is 11.6. The van der Waals surface area contributed by atoms with E-state index in [2.05, 4.69) is 5.10 Å². The van der Waals surface area contributed by atoms with Crippen molar-refractivity contribution >= 4 is 17.4 Å². The normalized spacial score (nSPS) is 17.6. The molecule has 1 amide bonds. The summed E-state index contributed by atoms with van der Waals surface area (Å²) in [5, 5.41) is 14.0. The molecule has 1 aliphatic rings. The van der Waals surface area contributed by atoms with E-state index < -0.39 is 59.7 Å². The standard InChI is InChI=1S/C29H30F5N3O4/c1-28(40)9-8-25-24(15-28)26(29(32,33)34)35-37(25)16-22(38)13-18(10-17-11-19(30)14-20(31)12-17)27(39)36(2)21-4-6-23(41-3)7-5-21/h4-7,11-12,14,18,40H,8-10,13,15-16H2,1-3H3/t18-,28?/m1/s1. The van der Waals surface area contributed by atoms with Gasteiger partial charge in [0.1, 0.15) is 17.4 Å². The van der Waals surface area contributed by atoms with E-state index in [-0.39, 0.29) is 42.5 Å². The number of carbonyl (C=O) groups excluding carboxylic acids is 2. The van der Waals surface area contributed by atoms with Crippen LogP contribution in [0.25, 0.3) is 0 Å². The SMILES string of the molecule is COc1ccc(N(C)C(=O)[C@@H](CC(=O)Cn2nc(C(F)(F)F)c3c2CCC(C)(O)C3)Cc2cc(F)cc(F)c2)cc1. The molecule has 4 rings (SSSR count). The Labute approximate surface area is 233 Å². The number of ether oxygens (including phenoxy) is 1. The molecular weight excluding hydrogens is 549 g/mol. The quantitative estimate of drug-likeness (QED) is 0.365. The van der Waals surface area contributed by atoms with Crippen LogP contribution in [0.2, 0.25) is 0 Å². The zero-order valence-electron chi connectivity index (χ0n) is 22.8. The monoisotopic (exact) mass is 579 g/mol. The van der Waals surface area contributed by atoms with Crippen molar-refractivity contribution < 1.29 is 41.4 Å². The molecule has 1 N–H and O–H groups in total. The molecule has 2 aromatic carbocycles. The maximum Gasteiger partial charge on any atom is 0.435 e. The highest BCUT2D eigenvalue weighted by atomic mass is 19.4. The number of anilines is 1. The van der Waals surface area contributed by atoms with Gasteiger partial charge in [-0.05, 0) is 68.1 Å². The number of aromatic nitrogens is 2. The number of methoxy groups -OCH3 is 1. The summed E-state index contributed by atoms with van der Waals surface area (Å²) < 4.78 is 75.1. The number of fused-ring (bicyclic) bond motifs is 1. The maximum atomic E-state index is 13.9. The lowest BCUT2D eigenvalue weighted by atomic mass is 9.84. The number of hydrogen-bond acceptors (Lipinski definition) is 5. The number of ketones is 1. The summed E-state index contributed by atoms with van der Waals surface area (Å²) in [5.74, 6) is -3.33. The van der Waals surface area contributed by atoms with Crippen molar-refractivity contribution in [2.24, 2.45) is 5.92 Å². The highest BCUT2D eigenvalue weighted by Crippen LogP contribution is 2.38. The van der Waals surface area contributed by atoms with Gasteiger partial charge in [0.2, 0.25) is 5.91 Å². The molecule has 1 aliphatic carbocycles. The number of benzene rings is 2. The number of alkyl halides is 3. The number of carbonyl (C=O) groups is 2. The summed E-state index contributed by atoms with van der Waals surface area (Å²) in [4.78, 5) is 28.1. The van der Waals surface area contributed by atoms with E-state index in [1.165, 1.54) is 26.0 Å². The Morgan fingerprint density at radius 2 is 1.78 bits per heavy atom. The fourth-order valence-electron chi connectivity index (χ4n) is 5.19. The van der Waals surface area contributed by atoms with Crippen LogP contribution in [-0.2, 0) is 41.6 Å². The highest BCUT2D eigenvalue weighted by Gasteiger charge is 2.43. The number of aliphatic hydroxyl groups is 1. The highest BCUT2D eigenvalue weighted by molar-refractivity contribution is 5.97. The number of nitrogens with zero attached hydrogens (tertiary/aromatic N) is 3. The lowest BCUT2D eigenvalue weighted by Crippen LogP contribution is -2.36. The van der Waals surface area contributed by atoms with E-state index >= 15 is 0 Å². The predicted octanol–water partition coefficient (Wildman–Crippen LogP) is 4.91. The van der Waals surface area contributed by atoms with Gasteiger partial charge in [-0.25, -0.2) is 8.78 Å². The second-order valence-electron chi connectivity index (χ2n) is 10.6. The lowest BCUT2D eigenvalue weighted by Gasteiger charge is -2.29. The Morgan fingerprint density at radius 1 is 1.15 bits per heavy atom. The Bertz CT molecular complexity index is 1410. The predicted molar refractivity (Wildman–Crippen MR) is 139 cm³/mol. The molecule has 1 heterocycles. The molecule has 12 heteroatoms. The van der Waals surface area contributed by atoms with Crippen LogP contribution in [-0.4, -0.2) is 46.3 Å². The fraction of sp³-hybridized carbons (Fsp3) is 0.414. The first kappa shape index (κ1) is 30.2. The van der Waals surface area contributed by atoms with Crippen LogP contribution >= 0.6 is 0 Å². The van der Waals surface area contributed by atoms with Gasteiger partial charge in [0, 0.05) is 48.8 Å². The summed E-state index contributed by atoms with van der Waals surface area (Å²) in [6, 6.07) is 9.34. The molecule has 1 aromatic heterocycles. The molecule has 3 aromatic rings. The van der Waals surface area contributed by atoms with E-state index in [0.717, 1.165) is 16.8 Å². The van der Waals surface area contributed by atoms with Crippen LogP contribution in [0.1, 0.15) is 42.3 Å². The van der Waals surface area contributed by atoms with E-state index in [4.69, 9.17) is 4.74 Å². The number of Topliss-reactive ketones (excluding diaryl/α,β-unsaturated/α-hetero) is 1. The zero-order valence-corrected chi connectivity index (χ0v) is 22.8. The molecule has 0 fully saturated rings. The van der Waals surface area contributed by atoms with Crippen molar-refractivity contribution in [3.05, 3.63) is 76.6 Å². The molecule has 0 spiro atoms. The number of halogens is 5.